The lowest BCUT2D eigenvalue weighted by Crippen LogP contribution is -2.28. The van der Waals surface area contributed by atoms with Crippen LogP contribution in [0.2, 0.25) is 0 Å². The predicted octanol–water partition coefficient (Wildman–Crippen LogP) is 3.80. The molecule has 1 aliphatic rings. The zero-order valence-electron chi connectivity index (χ0n) is 15.3. The fourth-order valence-corrected chi connectivity index (χ4v) is 4.26. The van der Waals surface area contributed by atoms with E-state index in [-0.39, 0.29) is 23.2 Å². The minimum Gasteiger partial charge on any atom is -0.502 e. The maximum atomic E-state index is 12.7. The number of aryl methyl sites for hydroxylation is 1. The highest BCUT2D eigenvalue weighted by Gasteiger charge is 2.32. The highest BCUT2D eigenvalue weighted by Crippen LogP contribution is 2.40. The number of thioether (sulfide) groups is 1. The number of amidine groups is 1. The van der Waals surface area contributed by atoms with Crippen molar-refractivity contribution in [2.45, 2.75) is 13.8 Å². The number of ether oxygens (including phenoxy) is 2. The van der Waals surface area contributed by atoms with Crippen LogP contribution in [0, 0.1) is 6.92 Å². The normalized spacial score (nSPS) is 17.2. The number of nitrogens with zero attached hydrogens (tertiary/aromatic N) is 3. The quantitative estimate of drug-likeness (QED) is 0.762. The Morgan fingerprint density at radius 3 is 2.48 bits per heavy atom. The average molecular weight is 406 g/mol. The van der Waals surface area contributed by atoms with Crippen LogP contribution in [0.25, 0.3) is 6.08 Å². The summed E-state index contributed by atoms with van der Waals surface area (Å²) in [6, 6.07) is 3.29. The molecule has 2 aromatic rings. The SMILES string of the molecule is CCN1C(=O)/C(=C/c2cc(OC)c(O)c(OC)c2)S/C1=N/c1nc(C)cs1. The Hall–Kier alpha value is -2.52. The van der Waals surface area contributed by atoms with E-state index in [0.717, 1.165) is 5.69 Å². The summed E-state index contributed by atoms with van der Waals surface area (Å²) in [4.78, 5) is 23.7. The highest BCUT2D eigenvalue weighted by atomic mass is 32.2. The van der Waals surface area contributed by atoms with Gasteiger partial charge in [0.1, 0.15) is 0 Å². The highest BCUT2D eigenvalue weighted by molar-refractivity contribution is 8.18. The standard InChI is InChI=1S/C18H19N3O4S2/c1-5-21-16(23)14(27-18(21)20-17-19-10(2)9-26-17)8-11-6-12(24-3)15(22)13(7-11)25-4/h6-9,22H,5H2,1-4H3/b14-8-,20-18+. The summed E-state index contributed by atoms with van der Waals surface area (Å²) in [6.07, 6.45) is 1.73. The van der Waals surface area contributed by atoms with Gasteiger partial charge in [0.15, 0.2) is 16.7 Å². The van der Waals surface area contributed by atoms with E-state index in [0.29, 0.717) is 27.3 Å². The number of aromatic hydroxyl groups is 1. The molecule has 1 saturated heterocycles. The second-order valence-electron chi connectivity index (χ2n) is 5.60. The van der Waals surface area contributed by atoms with E-state index < -0.39 is 0 Å². The minimum absolute atomic E-state index is 0.0795. The van der Waals surface area contributed by atoms with Gasteiger partial charge in [-0.1, -0.05) is 0 Å². The number of hydrogen-bond donors (Lipinski definition) is 1. The van der Waals surface area contributed by atoms with Gasteiger partial charge in [-0.3, -0.25) is 9.69 Å². The van der Waals surface area contributed by atoms with Crippen LogP contribution < -0.4 is 9.47 Å². The van der Waals surface area contributed by atoms with E-state index in [9.17, 15) is 9.90 Å². The van der Waals surface area contributed by atoms with E-state index in [4.69, 9.17) is 9.47 Å². The largest absolute Gasteiger partial charge is 0.502 e. The summed E-state index contributed by atoms with van der Waals surface area (Å²) in [5.74, 6) is 0.344. The fraction of sp³-hybridized carbons (Fsp3) is 0.278. The molecule has 0 atom stereocenters. The molecule has 9 heteroatoms. The first kappa shape index (κ1) is 19.2. The molecule has 27 heavy (non-hydrogen) atoms. The molecule has 1 aromatic carbocycles. The van der Waals surface area contributed by atoms with E-state index in [1.807, 2.05) is 19.2 Å². The topological polar surface area (TPSA) is 84.2 Å². The smallest absolute Gasteiger partial charge is 0.266 e. The monoisotopic (exact) mass is 405 g/mol. The lowest BCUT2D eigenvalue weighted by atomic mass is 10.1. The van der Waals surface area contributed by atoms with E-state index >= 15 is 0 Å². The average Bonchev–Trinajstić information content (AvgIpc) is 3.19. The van der Waals surface area contributed by atoms with Crippen molar-refractivity contribution in [1.82, 2.24) is 9.88 Å². The molecule has 0 spiro atoms. The number of likely N-dealkylation sites (N-methyl/N-ethyl adjacent to an activating group) is 1. The van der Waals surface area contributed by atoms with Crippen molar-refractivity contribution >= 4 is 45.4 Å². The van der Waals surface area contributed by atoms with Crippen LogP contribution in [0.1, 0.15) is 18.2 Å². The second-order valence-corrected chi connectivity index (χ2v) is 7.45. The van der Waals surface area contributed by atoms with Crippen molar-refractivity contribution in [1.29, 1.82) is 0 Å². The van der Waals surface area contributed by atoms with Crippen LogP contribution in [0.5, 0.6) is 17.2 Å². The molecule has 0 radical (unpaired) electrons. The zero-order valence-corrected chi connectivity index (χ0v) is 17.0. The number of hydrogen-bond acceptors (Lipinski definition) is 8. The van der Waals surface area contributed by atoms with Gasteiger partial charge in [-0.15, -0.1) is 11.3 Å². The van der Waals surface area contributed by atoms with Gasteiger partial charge in [0.25, 0.3) is 5.91 Å². The van der Waals surface area contributed by atoms with Crippen molar-refractivity contribution < 1.29 is 19.4 Å². The first-order chi connectivity index (χ1) is 13.0. The van der Waals surface area contributed by atoms with Crippen LogP contribution in [0.15, 0.2) is 27.4 Å². The van der Waals surface area contributed by atoms with Gasteiger partial charge in [0, 0.05) is 11.9 Å². The summed E-state index contributed by atoms with van der Waals surface area (Å²) >= 11 is 2.73. The van der Waals surface area contributed by atoms with Gasteiger partial charge in [-0.2, -0.15) is 4.99 Å². The van der Waals surface area contributed by atoms with Crippen LogP contribution in [-0.4, -0.2) is 46.8 Å². The number of aromatic nitrogens is 1. The number of phenols is 1. The van der Waals surface area contributed by atoms with Crippen molar-refractivity contribution in [2.75, 3.05) is 20.8 Å². The number of methoxy groups -OCH3 is 2. The number of phenolic OH excluding ortho intramolecular Hbond substituents is 1. The molecule has 1 aliphatic heterocycles. The van der Waals surface area contributed by atoms with Crippen LogP contribution >= 0.6 is 23.1 Å². The summed E-state index contributed by atoms with van der Waals surface area (Å²) in [5, 5.41) is 13.2. The van der Waals surface area contributed by atoms with Crippen LogP contribution in [0.4, 0.5) is 5.13 Å². The van der Waals surface area contributed by atoms with Crippen molar-refractivity contribution in [3.05, 3.63) is 33.7 Å². The number of aliphatic imine (C=N–C) groups is 1. The van der Waals surface area contributed by atoms with E-state index in [2.05, 4.69) is 9.98 Å². The van der Waals surface area contributed by atoms with Gasteiger partial charge in [0.05, 0.1) is 24.8 Å². The fourth-order valence-electron chi connectivity index (χ4n) is 2.49. The molecule has 1 amide bonds. The third-order valence-corrected chi connectivity index (χ3v) is 5.66. The number of thiazole rings is 1. The molecule has 1 aromatic heterocycles. The number of amides is 1. The lowest BCUT2D eigenvalue weighted by Gasteiger charge is -2.11. The Kier molecular flexibility index (Phi) is 5.71. The molecule has 0 bridgehead atoms. The molecule has 1 fully saturated rings. The molecule has 2 heterocycles. The molecular formula is C18H19N3O4S2. The van der Waals surface area contributed by atoms with Gasteiger partial charge >= 0.3 is 0 Å². The third-order valence-electron chi connectivity index (χ3n) is 3.80. The Labute approximate surface area is 165 Å². The molecule has 0 unspecified atom stereocenters. The van der Waals surface area contributed by atoms with E-state index in [1.165, 1.54) is 37.3 Å². The van der Waals surface area contributed by atoms with Crippen molar-refractivity contribution in [2.24, 2.45) is 4.99 Å². The Bertz CT molecular complexity index is 911. The Morgan fingerprint density at radius 1 is 1.30 bits per heavy atom. The zero-order chi connectivity index (χ0) is 19.6. The van der Waals surface area contributed by atoms with Gasteiger partial charge < -0.3 is 14.6 Å². The van der Waals surface area contributed by atoms with Gasteiger partial charge in [-0.05, 0) is 49.4 Å². The molecule has 0 saturated carbocycles. The second kappa shape index (κ2) is 8.01. The minimum atomic E-state index is -0.125. The van der Waals surface area contributed by atoms with Crippen molar-refractivity contribution in [3.8, 4) is 17.2 Å². The maximum Gasteiger partial charge on any atom is 0.266 e. The molecule has 1 N–H and O–H groups in total. The molecule has 7 nitrogen and oxygen atoms in total. The molecule has 3 rings (SSSR count). The number of benzene rings is 1. The Balaban J connectivity index is 1.97. The van der Waals surface area contributed by atoms with Crippen LogP contribution in [0.3, 0.4) is 0 Å². The number of rotatable bonds is 5. The number of carbonyl (C=O) groups is 1. The molecule has 0 aliphatic carbocycles. The van der Waals surface area contributed by atoms with Gasteiger partial charge in [-0.25, -0.2) is 4.98 Å². The molecular weight excluding hydrogens is 386 g/mol. The van der Waals surface area contributed by atoms with Crippen molar-refractivity contribution in [3.63, 3.8) is 0 Å². The molecule has 142 valence electrons. The maximum absolute atomic E-state index is 12.7. The summed E-state index contributed by atoms with van der Waals surface area (Å²) in [5.41, 5.74) is 1.58. The summed E-state index contributed by atoms with van der Waals surface area (Å²) in [7, 11) is 2.92. The number of carbonyl (C=O) groups excluding carboxylic acids is 1. The first-order valence-electron chi connectivity index (χ1n) is 8.14. The third kappa shape index (κ3) is 3.93. The predicted molar refractivity (Wildman–Crippen MR) is 108 cm³/mol. The Morgan fingerprint density at radius 2 is 1.96 bits per heavy atom. The van der Waals surface area contributed by atoms with Crippen LogP contribution in [-0.2, 0) is 4.79 Å². The summed E-state index contributed by atoms with van der Waals surface area (Å²) in [6.45, 7) is 4.31. The lowest BCUT2D eigenvalue weighted by molar-refractivity contribution is -0.122. The summed E-state index contributed by atoms with van der Waals surface area (Å²) < 4.78 is 10.3. The van der Waals surface area contributed by atoms with Gasteiger partial charge in [0.2, 0.25) is 10.9 Å². The van der Waals surface area contributed by atoms with E-state index in [1.54, 1.807) is 23.1 Å². The first-order valence-corrected chi connectivity index (χ1v) is 9.83.